The minimum absolute atomic E-state index is 0.124. The topological polar surface area (TPSA) is 74.5 Å². The van der Waals surface area contributed by atoms with E-state index >= 15 is 0 Å². The van der Waals surface area contributed by atoms with E-state index in [0.717, 1.165) is 26.2 Å². The summed E-state index contributed by atoms with van der Waals surface area (Å²) in [5, 5.41) is 10.9. The van der Waals surface area contributed by atoms with E-state index in [2.05, 4.69) is 25.4 Å². The van der Waals surface area contributed by atoms with Crippen molar-refractivity contribution in [3.05, 3.63) is 52.8 Å². The van der Waals surface area contributed by atoms with Crippen LogP contribution in [0.2, 0.25) is 5.02 Å². The number of amides is 1. The molecule has 1 aliphatic heterocycles. The Morgan fingerprint density at radius 2 is 1.86 bits per heavy atom. The summed E-state index contributed by atoms with van der Waals surface area (Å²) in [7, 11) is 0. The summed E-state index contributed by atoms with van der Waals surface area (Å²) in [6.07, 6.45) is 0. The van der Waals surface area contributed by atoms with E-state index in [1.54, 1.807) is 30.3 Å². The molecule has 0 unspecified atom stereocenters. The second-order valence-electron chi connectivity index (χ2n) is 6.74. The first kappa shape index (κ1) is 18.8. The number of piperazine rings is 1. The maximum absolute atomic E-state index is 14.0. The fraction of sp³-hybridized carbons (Fsp3) is 0.316. The molecule has 7 nitrogen and oxygen atoms in total. The molecule has 1 aromatic heterocycles. The molecule has 1 N–H and O–H groups in total. The Labute approximate surface area is 166 Å². The quantitative estimate of drug-likeness (QED) is 0.706. The molecule has 4 rings (SSSR count). The standard InChI is InChI=1S/C19H19ClFN5O2/c20-14-3-1-4-15(21)13(14)11-25-7-9-26(10-8-25)12-18(27)22-16-5-2-6-17-19(16)24-28-23-17/h1-6H,7-12H2,(H,22,27). The largest absolute Gasteiger partial charge is 0.323 e. The summed E-state index contributed by atoms with van der Waals surface area (Å²) in [6.45, 7) is 3.65. The Morgan fingerprint density at radius 1 is 1.11 bits per heavy atom. The molecular weight excluding hydrogens is 385 g/mol. The van der Waals surface area contributed by atoms with Crippen LogP contribution in [-0.2, 0) is 11.3 Å². The van der Waals surface area contributed by atoms with Gasteiger partial charge in [-0.3, -0.25) is 14.6 Å². The Balaban J connectivity index is 1.29. The normalized spacial score (nSPS) is 15.8. The number of benzene rings is 2. The van der Waals surface area contributed by atoms with Gasteiger partial charge in [-0.25, -0.2) is 9.02 Å². The number of aromatic nitrogens is 2. The van der Waals surface area contributed by atoms with Crippen molar-refractivity contribution in [1.29, 1.82) is 0 Å². The summed E-state index contributed by atoms with van der Waals surface area (Å²) in [5.74, 6) is -0.410. The van der Waals surface area contributed by atoms with E-state index < -0.39 is 0 Å². The minimum Gasteiger partial charge on any atom is -0.323 e. The van der Waals surface area contributed by atoms with Gasteiger partial charge in [0.1, 0.15) is 11.3 Å². The molecule has 1 saturated heterocycles. The van der Waals surface area contributed by atoms with Crippen LogP contribution in [-0.4, -0.2) is 58.7 Å². The zero-order chi connectivity index (χ0) is 19.5. The summed E-state index contributed by atoms with van der Waals surface area (Å²) < 4.78 is 18.7. The predicted molar refractivity (Wildman–Crippen MR) is 104 cm³/mol. The van der Waals surface area contributed by atoms with Gasteiger partial charge in [0.05, 0.1) is 12.2 Å². The van der Waals surface area contributed by atoms with Crippen LogP contribution in [0.5, 0.6) is 0 Å². The van der Waals surface area contributed by atoms with Gasteiger partial charge in [0.2, 0.25) is 5.91 Å². The highest BCUT2D eigenvalue weighted by Crippen LogP contribution is 2.22. The van der Waals surface area contributed by atoms with E-state index in [4.69, 9.17) is 16.2 Å². The molecule has 1 aliphatic rings. The second kappa shape index (κ2) is 8.22. The number of carbonyl (C=O) groups is 1. The van der Waals surface area contributed by atoms with Crippen molar-refractivity contribution in [2.75, 3.05) is 38.0 Å². The Hall–Kier alpha value is -2.55. The summed E-state index contributed by atoms with van der Waals surface area (Å²) >= 11 is 6.11. The molecular formula is C19H19ClFN5O2. The molecule has 3 aromatic rings. The first-order chi connectivity index (χ1) is 13.6. The van der Waals surface area contributed by atoms with E-state index in [1.807, 2.05) is 0 Å². The fourth-order valence-electron chi connectivity index (χ4n) is 3.31. The lowest BCUT2D eigenvalue weighted by Crippen LogP contribution is -2.48. The Kier molecular flexibility index (Phi) is 5.52. The SMILES string of the molecule is O=C(CN1CCN(Cc2c(F)cccc2Cl)CC1)Nc1cccc2nonc12. The van der Waals surface area contributed by atoms with Crippen molar-refractivity contribution in [2.24, 2.45) is 0 Å². The maximum atomic E-state index is 14.0. The van der Waals surface area contributed by atoms with Crippen LogP contribution in [0.3, 0.4) is 0 Å². The number of fused-ring (bicyclic) bond motifs is 1. The lowest BCUT2D eigenvalue weighted by Gasteiger charge is -2.34. The average Bonchev–Trinajstić information content (AvgIpc) is 3.16. The van der Waals surface area contributed by atoms with Crippen molar-refractivity contribution in [2.45, 2.75) is 6.54 Å². The number of hydrogen-bond donors (Lipinski definition) is 1. The minimum atomic E-state index is -0.286. The number of carbonyl (C=O) groups excluding carboxylic acids is 1. The van der Waals surface area contributed by atoms with Crippen LogP contribution >= 0.6 is 11.6 Å². The van der Waals surface area contributed by atoms with Crippen LogP contribution in [0, 0.1) is 5.82 Å². The maximum Gasteiger partial charge on any atom is 0.238 e. The highest BCUT2D eigenvalue weighted by atomic mass is 35.5. The van der Waals surface area contributed by atoms with Crippen LogP contribution in [0.15, 0.2) is 41.0 Å². The molecule has 0 bridgehead atoms. The van der Waals surface area contributed by atoms with Gasteiger partial charge in [-0.15, -0.1) is 0 Å². The van der Waals surface area contributed by atoms with E-state index in [0.29, 0.717) is 33.9 Å². The number of nitrogens with one attached hydrogen (secondary N) is 1. The third kappa shape index (κ3) is 4.14. The zero-order valence-corrected chi connectivity index (χ0v) is 15.8. The van der Waals surface area contributed by atoms with Gasteiger partial charge in [0.25, 0.3) is 0 Å². The first-order valence-electron chi connectivity index (χ1n) is 8.99. The highest BCUT2D eigenvalue weighted by molar-refractivity contribution is 6.31. The van der Waals surface area contributed by atoms with Gasteiger partial charge in [-0.1, -0.05) is 23.7 Å². The Morgan fingerprint density at radius 3 is 2.64 bits per heavy atom. The number of halogens is 2. The molecule has 1 fully saturated rings. The smallest absolute Gasteiger partial charge is 0.238 e. The van der Waals surface area contributed by atoms with Crippen molar-refractivity contribution in [3.8, 4) is 0 Å². The van der Waals surface area contributed by atoms with Crippen LogP contribution < -0.4 is 5.32 Å². The first-order valence-corrected chi connectivity index (χ1v) is 9.36. The molecule has 0 spiro atoms. The van der Waals surface area contributed by atoms with Gasteiger partial charge < -0.3 is 5.32 Å². The average molecular weight is 404 g/mol. The Bertz CT molecular complexity index is 967. The fourth-order valence-corrected chi connectivity index (χ4v) is 3.54. The van der Waals surface area contributed by atoms with Gasteiger partial charge in [-0.05, 0) is 34.6 Å². The second-order valence-corrected chi connectivity index (χ2v) is 7.15. The third-order valence-corrected chi connectivity index (χ3v) is 5.19. The van der Waals surface area contributed by atoms with Crippen LogP contribution in [0.25, 0.3) is 11.0 Å². The zero-order valence-electron chi connectivity index (χ0n) is 15.1. The van der Waals surface area contributed by atoms with Gasteiger partial charge in [0.15, 0.2) is 5.52 Å². The van der Waals surface area contributed by atoms with Crippen molar-refractivity contribution < 1.29 is 13.8 Å². The molecule has 0 atom stereocenters. The van der Waals surface area contributed by atoms with Crippen molar-refractivity contribution >= 4 is 34.2 Å². The van der Waals surface area contributed by atoms with Crippen LogP contribution in [0.1, 0.15) is 5.56 Å². The number of hydrogen-bond acceptors (Lipinski definition) is 6. The number of anilines is 1. The molecule has 0 aliphatic carbocycles. The summed E-state index contributed by atoms with van der Waals surface area (Å²) in [4.78, 5) is 16.6. The molecule has 0 radical (unpaired) electrons. The van der Waals surface area contributed by atoms with E-state index in [9.17, 15) is 9.18 Å². The number of nitrogens with zero attached hydrogens (tertiary/aromatic N) is 4. The van der Waals surface area contributed by atoms with Crippen LogP contribution in [0.4, 0.5) is 10.1 Å². The molecule has 9 heteroatoms. The van der Waals surface area contributed by atoms with Gasteiger partial charge in [0, 0.05) is 43.3 Å². The van der Waals surface area contributed by atoms with Gasteiger partial charge in [-0.2, -0.15) is 0 Å². The molecule has 28 heavy (non-hydrogen) atoms. The molecule has 2 heterocycles. The van der Waals surface area contributed by atoms with Crippen molar-refractivity contribution in [1.82, 2.24) is 20.1 Å². The monoisotopic (exact) mass is 403 g/mol. The lowest BCUT2D eigenvalue weighted by molar-refractivity contribution is -0.117. The van der Waals surface area contributed by atoms with E-state index in [1.165, 1.54) is 6.07 Å². The lowest BCUT2D eigenvalue weighted by atomic mass is 10.2. The highest BCUT2D eigenvalue weighted by Gasteiger charge is 2.21. The number of rotatable bonds is 5. The summed E-state index contributed by atoms with van der Waals surface area (Å²) in [5.41, 5.74) is 2.22. The van der Waals surface area contributed by atoms with Crippen molar-refractivity contribution in [3.63, 3.8) is 0 Å². The molecule has 2 aromatic carbocycles. The predicted octanol–water partition coefficient (Wildman–Crippen LogP) is 2.77. The third-order valence-electron chi connectivity index (χ3n) is 4.84. The molecule has 146 valence electrons. The van der Waals surface area contributed by atoms with Gasteiger partial charge >= 0.3 is 0 Å². The summed E-state index contributed by atoms with van der Waals surface area (Å²) in [6, 6.07) is 10.0. The molecule has 1 amide bonds. The van der Waals surface area contributed by atoms with E-state index in [-0.39, 0.29) is 18.3 Å². The molecule has 0 saturated carbocycles.